The van der Waals surface area contributed by atoms with Crippen molar-refractivity contribution in [2.24, 2.45) is 11.1 Å². The predicted molar refractivity (Wildman–Crippen MR) is 516 cm³/mol. The standard InChI is InChI=1S/C98H127N17O24S2/c1-57-80(123)101-58(2)81(124)105-68(47-60-26-14-13-15-27-60)83(126)104-67-31-18-22-41-100-76(117)34-33-66(79(99)122)103-85(128)71(50-64-55-141-75-32-17-16-30-65(64)75)107-84(127)70(49-62-35-45-140-54-62)109-92(136)97(113-88(67)131)40-43-114(56-97)94(138)139-44-23-12-8-7-9-19-36-96(91(135)110-72(51-77(118)119)86(129)106-69(82(125)102-57)48-61-28-24-29-63(46-61)90(133)134)37-20-10-11-21-38-98(39-25-42-115(98)59(3)116)93(137)111-73(52-78(120)121)87(130)108-74(89(132)112-96)53-95(4,5)6/h7-8,11,13-17,21,24,26-30,32,35,45-46,54-55,57-58,66-74H,9-10,12,18-20,22-23,25,31,33-34,36-44,47-53,56H2,1-6H3,(H2,99,122)(H,100,117)(H,101,123)(H,102,125)(H,103,128)(H,104,126)(H,105,124)(H,106,129)(H,107,127)(H,108,130)(H,109,136)(H,110,135)(H,111,137)(H,112,132)(H,113,131)(H,118,119)(H,120,121)(H,133,134)/b8-7-,21-11-/t57-,58-,66-,67-,68-,69-,70-,71-,72-,73-,74-,96-,97-,98-/m0/s1. The van der Waals surface area contributed by atoms with Gasteiger partial charge in [-0.05, 0) is 196 Å². The quantitative estimate of drug-likeness (QED) is 0.0670. The second-order valence-electron chi connectivity index (χ2n) is 37.7. The fourth-order valence-electron chi connectivity index (χ4n) is 17.8. The summed E-state index contributed by atoms with van der Waals surface area (Å²) in [6.45, 7) is 7.78. The number of cyclic esters (lactones) is 1. The highest BCUT2D eigenvalue weighted by Crippen LogP contribution is 2.36. The molecule has 19 N–H and O–H groups in total. The van der Waals surface area contributed by atoms with Gasteiger partial charge in [-0.25, -0.2) is 9.59 Å². The number of nitrogens with two attached hydrogens (primary N) is 1. The molecule has 5 aliphatic heterocycles. The minimum Gasteiger partial charge on any atom is -0.481 e. The van der Waals surface area contributed by atoms with Gasteiger partial charge < -0.3 is 110 Å². The van der Waals surface area contributed by atoms with E-state index >= 15 is 33.6 Å². The Hall–Kier alpha value is -14.0. The smallest absolute Gasteiger partial charge is 0.409 e. The van der Waals surface area contributed by atoms with Crippen LogP contribution in [0.1, 0.15) is 203 Å². The van der Waals surface area contributed by atoms with Crippen LogP contribution in [0.2, 0.25) is 0 Å². The Morgan fingerprint density at radius 3 is 1.69 bits per heavy atom. The number of amides is 17. The van der Waals surface area contributed by atoms with Crippen LogP contribution in [-0.2, 0) is 117 Å². The van der Waals surface area contributed by atoms with Crippen LogP contribution >= 0.6 is 22.7 Å². The molecule has 3 saturated heterocycles. The van der Waals surface area contributed by atoms with Gasteiger partial charge >= 0.3 is 24.0 Å². The third-order valence-electron chi connectivity index (χ3n) is 25.5. The summed E-state index contributed by atoms with van der Waals surface area (Å²) < 4.78 is 6.72. The molecular weight excluding hydrogens is 1860 g/mol. The highest BCUT2D eigenvalue weighted by Gasteiger charge is 2.53. The molecule has 760 valence electrons. The molecule has 3 spiro atoms. The molecule has 10 rings (SSSR count). The number of carboxylic acids is 3. The number of aliphatic carboxylic acids is 2. The summed E-state index contributed by atoms with van der Waals surface area (Å²) in [4.78, 5) is 293. The monoisotopic (exact) mass is 1990 g/mol. The van der Waals surface area contributed by atoms with Crippen LogP contribution in [0.3, 0.4) is 0 Å². The number of likely N-dealkylation sites (tertiary alicyclic amines) is 1. The zero-order valence-corrected chi connectivity index (χ0v) is 81.3. The summed E-state index contributed by atoms with van der Waals surface area (Å²) in [5.74, 6) is -20.1. The lowest BCUT2D eigenvalue weighted by atomic mass is 9.83. The Kier molecular flexibility index (Phi) is 39.2. The van der Waals surface area contributed by atoms with E-state index in [0.717, 1.165) is 15.0 Å². The van der Waals surface area contributed by atoms with Gasteiger partial charge in [0, 0.05) is 63.4 Å². The summed E-state index contributed by atoms with van der Waals surface area (Å²) in [5.41, 5.74) is 0.498. The second-order valence-corrected chi connectivity index (χ2v) is 39.3. The van der Waals surface area contributed by atoms with Crippen LogP contribution in [0.15, 0.2) is 125 Å². The van der Waals surface area contributed by atoms with E-state index in [4.69, 9.17) is 10.5 Å². The number of primary amides is 1. The summed E-state index contributed by atoms with van der Waals surface area (Å²) in [6.07, 6.45) is 1.43. The number of nitrogens with one attached hydrogen (secondary N) is 14. The Bertz CT molecular complexity index is 5490. The molecule has 14 atom stereocenters. The van der Waals surface area contributed by atoms with Gasteiger partial charge in [0.05, 0.1) is 31.6 Å². The molecule has 3 bridgehead atoms. The van der Waals surface area contributed by atoms with Gasteiger partial charge in [-0.2, -0.15) is 11.3 Å². The largest absolute Gasteiger partial charge is 0.481 e. The van der Waals surface area contributed by atoms with Gasteiger partial charge in [0.15, 0.2) is 0 Å². The van der Waals surface area contributed by atoms with E-state index < -0.39 is 233 Å². The molecule has 3 fully saturated rings. The number of aromatic carboxylic acids is 1. The van der Waals surface area contributed by atoms with Crippen molar-refractivity contribution in [3.05, 3.63) is 153 Å². The van der Waals surface area contributed by atoms with Crippen molar-refractivity contribution >= 4 is 151 Å². The first-order chi connectivity index (χ1) is 67.0. The SMILES string of the molecule is CC(=O)N1CCC[C@]12C/C=C\CCC[C@]1(CCC/C=C\CCCOC(=O)N3CC[C@@]4(C3)NC(=O)[C@H](CCCCNC(=O)CC[C@@H](C(N)=O)NC(=O)[C@H](Cc3csc5ccccc35)NC(=O)[C@H](Cc3ccsc3)NC4=O)NC(=O)[C@H](Cc3ccccc3)NC(=O)[C@H](C)NC(=O)[C@H](C)NC(=O)[C@H](Cc3cccc(C(=O)O)c3)NC(=O)[C@H](CC(=O)O)NC1=O)NC(=O)[C@H](CC(C)(C)C)NC(=O)[C@H](CC(=O)O)NC2=O. The highest BCUT2D eigenvalue weighted by molar-refractivity contribution is 7.17. The molecule has 7 heterocycles. The molecule has 141 heavy (non-hydrogen) atoms. The maximum Gasteiger partial charge on any atom is 0.409 e. The first kappa shape index (κ1) is 109. The van der Waals surface area contributed by atoms with Crippen molar-refractivity contribution in [2.75, 3.05) is 32.8 Å². The topological polar surface area (TPSA) is 612 Å². The van der Waals surface area contributed by atoms with Gasteiger partial charge in [-0.1, -0.05) is 106 Å². The number of nitrogens with zero attached hydrogens (tertiary/aromatic N) is 2. The molecule has 5 aromatic rings. The molecule has 41 nitrogen and oxygen atoms in total. The van der Waals surface area contributed by atoms with Gasteiger partial charge in [0.1, 0.15) is 83.1 Å². The third-order valence-corrected chi connectivity index (χ3v) is 27.2. The average Bonchev–Trinajstić information content (AvgIpc) is 1.66. The molecule has 0 unspecified atom stereocenters. The van der Waals surface area contributed by atoms with Crippen LogP contribution in [0.4, 0.5) is 4.79 Å². The zero-order valence-electron chi connectivity index (χ0n) is 79.7. The van der Waals surface area contributed by atoms with Crippen molar-refractivity contribution < 1.29 is 116 Å². The molecule has 3 aromatic carbocycles. The van der Waals surface area contributed by atoms with E-state index in [1.807, 2.05) is 18.2 Å². The van der Waals surface area contributed by atoms with Crippen LogP contribution < -0.4 is 80.2 Å². The third kappa shape index (κ3) is 31.2. The Labute approximate surface area is 822 Å². The lowest BCUT2D eigenvalue weighted by Crippen LogP contribution is -2.66. The van der Waals surface area contributed by atoms with Gasteiger partial charge in [0.2, 0.25) is 94.5 Å². The number of benzene rings is 3. The number of thiophene rings is 2. The summed E-state index contributed by atoms with van der Waals surface area (Å²) in [6, 6.07) is 3.99. The number of carbonyl (C=O) groups excluding carboxylic acids is 17. The molecule has 0 radical (unpaired) electrons. The fraction of sp³-hybridized carbons (Fsp3) is 0.510. The van der Waals surface area contributed by atoms with Crippen molar-refractivity contribution in [2.45, 2.75) is 279 Å². The minimum absolute atomic E-state index is 0.00944. The maximum absolute atomic E-state index is 16.0. The number of ether oxygens (including phenoxy) is 1. The van der Waals surface area contributed by atoms with Gasteiger partial charge in [-0.3, -0.25) is 86.3 Å². The number of hydrogen-bond acceptors (Lipinski definition) is 23. The van der Waals surface area contributed by atoms with Crippen LogP contribution in [0.25, 0.3) is 10.1 Å². The number of carboxylic acid groups (broad SMARTS) is 3. The molecule has 17 amide bonds. The Balaban J connectivity index is 1.03. The zero-order chi connectivity index (χ0) is 102. The maximum atomic E-state index is 16.0. The molecule has 43 heteroatoms. The van der Waals surface area contributed by atoms with E-state index in [1.54, 1.807) is 104 Å². The summed E-state index contributed by atoms with van der Waals surface area (Å²) >= 11 is 2.65. The van der Waals surface area contributed by atoms with Crippen molar-refractivity contribution in [1.82, 2.24) is 84.2 Å². The van der Waals surface area contributed by atoms with E-state index in [9.17, 15) is 77.6 Å². The Morgan fingerprint density at radius 2 is 1.04 bits per heavy atom. The fourth-order valence-corrected chi connectivity index (χ4v) is 19.5. The van der Waals surface area contributed by atoms with Crippen molar-refractivity contribution in [3.8, 4) is 0 Å². The molecule has 5 aliphatic rings. The van der Waals surface area contributed by atoms with Crippen LogP contribution in [-0.4, -0.2) is 259 Å². The lowest BCUT2D eigenvalue weighted by molar-refractivity contribution is -0.146. The average molecular weight is 1990 g/mol. The molecular formula is C98H127N17O24S2. The summed E-state index contributed by atoms with van der Waals surface area (Å²) in [5, 5.41) is 74.4. The normalized spacial score (nSPS) is 27.2. The summed E-state index contributed by atoms with van der Waals surface area (Å²) in [7, 11) is 0. The lowest BCUT2D eigenvalue weighted by Gasteiger charge is -2.38. The number of fused-ring (bicyclic) bond motifs is 4. The second kappa shape index (κ2) is 50.7. The van der Waals surface area contributed by atoms with Crippen molar-refractivity contribution in [3.63, 3.8) is 0 Å². The number of allylic oxidation sites excluding steroid dienone is 3. The predicted octanol–water partition coefficient (Wildman–Crippen LogP) is 2.84. The molecule has 2 aromatic heterocycles. The molecule has 0 aliphatic carbocycles. The van der Waals surface area contributed by atoms with Crippen LogP contribution in [0.5, 0.6) is 0 Å². The number of carbonyl (C=O) groups is 20. The minimum atomic E-state index is -2.20. The van der Waals surface area contributed by atoms with Crippen molar-refractivity contribution in [1.29, 1.82) is 0 Å². The Morgan fingerprint density at radius 1 is 0.496 bits per heavy atom. The first-order valence-electron chi connectivity index (χ1n) is 47.4. The van der Waals surface area contributed by atoms with E-state index in [-0.39, 0.29) is 166 Å². The van der Waals surface area contributed by atoms with E-state index in [0.29, 0.717) is 23.1 Å². The van der Waals surface area contributed by atoms with Crippen LogP contribution in [0, 0.1) is 5.41 Å². The highest BCUT2D eigenvalue weighted by atomic mass is 32.1. The van der Waals surface area contributed by atoms with Gasteiger partial charge in [-0.15, -0.1) is 11.3 Å². The number of hydrogen-bond donors (Lipinski definition) is 18. The molecule has 0 saturated carbocycles. The van der Waals surface area contributed by atoms with E-state index in [2.05, 4.69) is 74.4 Å². The van der Waals surface area contributed by atoms with E-state index in [1.165, 1.54) is 72.6 Å². The van der Waals surface area contributed by atoms with Gasteiger partial charge in [0.25, 0.3) is 0 Å². The number of rotatable bonds is 15. The first-order valence-corrected chi connectivity index (χ1v) is 49.2.